The molecule has 1 saturated heterocycles. The summed E-state index contributed by atoms with van der Waals surface area (Å²) >= 11 is 0. The van der Waals surface area contributed by atoms with Crippen LogP contribution in [0.25, 0.3) is 0 Å². The Hall–Kier alpha value is -1.78. The van der Waals surface area contributed by atoms with Crippen molar-refractivity contribution in [3.8, 4) is 0 Å². The quantitative estimate of drug-likeness (QED) is 0.631. The van der Waals surface area contributed by atoms with Crippen molar-refractivity contribution < 1.29 is 14.0 Å². The molecule has 1 aromatic heterocycles. The highest BCUT2D eigenvalue weighted by Crippen LogP contribution is 2.06. The van der Waals surface area contributed by atoms with Crippen molar-refractivity contribution in [3.05, 3.63) is 24.2 Å². The fraction of sp³-hybridized carbons (Fsp3) is 0.250. The number of urea groups is 1. The van der Waals surface area contributed by atoms with Gasteiger partial charge in [0, 0.05) is 6.42 Å². The Kier molecular flexibility index (Phi) is 1.77. The van der Waals surface area contributed by atoms with E-state index in [4.69, 9.17) is 4.42 Å². The Morgan fingerprint density at radius 3 is 2.85 bits per heavy atom. The van der Waals surface area contributed by atoms with E-state index < -0.39 is 12.1 Å². The lowest BCUT2D eigenvalue weighted by molar-refractivity contribution is -0.120. The molecule has 0 saturated carbocycles. The molecule has 0 radical (unpaired) electrons. The molecule has 3 amide bonds. The first kappa shape index (κ1) is 7.85. The molecular formula is C8H8N2O3. The first-order valence-electron chi connectivity index (χ1n) is 3.89. The molecule has 5 heteroatoms. The lowest BCUT2D eigenvalue weighted by Gasteiger charge is -2.02. The standard InChI is InChI=1S/C8H8N2O3/c11-7-6(9-8(12)10-7)4-5-2-1-3-13-5/h1-3,6H,4H2,(H2,9,10,11,12)/t6-/m0/s1. The summed E-state index contributed by atoms with van der Waals surface area (Å²) in [5, 5.41) is 4.63. The van der Waals surface area contributed by atoms with Crippen molar-refractivity contribution in [1.29, 1.82) is 0 Å². The van der Waals surface area contributed by atoms with Crippen LogP contribution >= 0.6 is 0 Å². The van der Waals surface area contributed by atoms with E-state index in [1.165, 1.54) is 6.26 Å². The number of nitrogens with one attached hydrogen (secondary N) is 2. The van der Waals surface area contributed by atoms with E-state index in [-0.39, 0.29) is 5.91 Å². The van der Waals surface area contributed by atoms with E-state index in [1.807, 2.05) is 0 Å². The van der Waals surface area contributed by atoms with Crippen LogP contribution in [0.3, 0.4) is 0 Å². The van der Waals surface area contributed by atoms with E-state index in [2.05, 4.69) is 10.6 Å². The summed E-state index contributed by atoms with van der Waals surface area (Å²) in [5.74, 6) is 0.378. The van der Waals surface area contributed by atoms with Gasteiger partial charge in [-0.1, -0.05) is 0 Å². The van der Waals surface area contributed by atoms with Gasteiger partial charge in [-0.05, 0) is 12.1 Å². The first-order chi connectivity index (χ1) is 6.25. The number of carbonyl (C=O) groups excluding carboxylic acids is 2. The summed E-state index contributed by atoms with van der Waals surface area (Å²) in [7, 11) is 0. The fourth-order valence-electron chi connectivity index (χ4n) is 1.23. The highest BCUT2D eigenvalue weighted by molar-refractivity contribution is 6.04. The molecule has 0 bridgehead atoms. The SMILES string of the molecule is O=C1NC(=O)[C@H](Cc2ccco2)N1. The maximum atomic E-state index is 11.1. The third-order valence-electron chi connectivity index (χ3n) is 1.84. The summed E-state index contributed by atoms with van der Waals surface area (Å²) < 4.78 is 5.05. The normalized spacial score (nSPS) is 21.4. The molecule has 68 valence electrons. The minimum atomic E-state index is -0.501. The molecule has 2 N–H and O–H groups in total. The van der Waals surface area contributed by atoms with Gasteiger partial charge in [0.1, 0.15) is 11.8 Å². The monoisotopic (exact) mass is 180 g/mol. The molecule has 2 rings (SSSR count). The van der Waals surface area contributed by atoms with Gasteiger partial charge in [0.15, 0.2) is 0 Å². The third-order valence-corrected chi connectivity index (χ3v) is 1.84. The summed E-state index contributed by atoms with van der Waals surface area (Å²) in [6.07, 6.45) is 1.93. The maximum absolute atomic E-state index is 11.1. The van der Waals surface area contributed by atoms with E-state index in [1.54, 1.807) is 12.1 Å². The van der Waals surface area contributed by atoms with Crippen molar-refractivity contribution in [2.75, 3.05) is 0 Å². The van der Waals surface area contributed by atoms with Crippen molar-refractivity contribution in [3.63, 3.8) is 0 Å². The summed E-state index contributed by atoms with van der Waals surface area (Å²) in [6, 6.07) is 2.56. The number of furan rings is 1. The molecule has 2 heterocycles. The number of imide groups is 1. The second kappa shape index (κ2) is 2.93. The lowest BCUT2D eigenvalue weighted by atomic mass is 10.2. The molecule has 1 aliphatic heterocycles. The second-order valence-corrected chi connectivity index (χ2v) is 2.80. The molecule has 0 aromatic carbocycles. The van der Waals surface area contributed by atoms with Crippen LogP contribution in [0.2, 0.25) is 0 Å². The van der Waals surface area contributed by atoms with E-state index in [0.29, 0.717) is 12.2 Å². The average Bonchev–Trinajstić information content (AvgIpc) is 2.63. The number of amides is 3. The Morgan fingerprint density at radius 1 is 1.46 bits per heavy atom. The highest BCUT2D eigenvalue weighted by atomic mass is 16.3. The molecule has 0 aliphatic carbocycles. The molecule has 1 aromatic rings. The third kappa shape index (κ3) is 1.53. The van der Waals surface area contributed by atoms with Gasteiger partial charge in [0.05, 0.1) is 6.26 Å². The van der Waals surface area contributed by atoms with Crippen LogP contribution in [0, 0.1) is 0 Å². The molecule has 0 spiro atoms. The van der Waals surface area contributed by atoms with Crippen molar-refractivity contribution >= 4 is 11.9 Å². The molecule has 13 heavy (non-hydrogen) atoms. The van der Waals surface area contributed by atoms with Gasteiger partial charge in [-0.15, -0.1) is 0 Å². The predicted molar refractivity (Wildman–Crippen MR) is 42.9 cm³/mol. The molecule has 0 unspecified atom stereocenters. The van der Waals surface area contributed by atoms with Crippen LogP contribution in [0.15, 0.2) is 22.8 Å². The topological polar surface area (TPSA) is 71.3 Å². The maximum Gasteiger partial charge on any atom is 0.322 e. The largest absolute Gasteiger partial charge is 0.469 e. The van der Waals surface area contributed by atoms with Gasteiger partial charge in [0.2, 0.25) is 0 Å². The number of hydrogen-bond donors (Lipinski definition) is 2. The Bertz CT molecular complexity index is 331. The molecule has 1 fully saturated rings. The summed E-state index contributed by atoms with van der Waals surface area (Å²) in [4.78, 5) is 21.8. The van der Waals surface area contributed by atoms with E-state index >= 15 is 0 Å². The zero-order chi connectivity index (χ0) is 9.26. The van der Waals surface area contributed by atoms with E-state index in [9.17, 15) is 9.59 Å². The zero-order valence-corrected chi connectivity index (χ0v) is 6.74. The van der Waals surface area contributed by atoms with Crippen LogP contribution in [-0.4, -0.2) is 18.0 Å². The van der Waals surface area contributed by atoms with Crippen LogP contribution in [0.1, 0.15) is 5.76 Å². The van der Waals surface area contributed by atoms with Crippen molar-refractivity contribution in [2.45, 2.75) is 12.5 Å². The number of rotatable bonds is 2. The summed E-state index contributed by atoms with van der Waals surface area (Å²) in [5.41, 5.74) is 0. The first-order valence-corrected chi connectivity index (χ1v) is 3.89. The summed E-state index contributed by atoms with van der Waals surface area (Å²) in [6.45, 7) is 0. The molecule has 1 aliphatic rings. The smallest absolute Gasteiger partial charge is 0.322 e. The highest BCUT2D eigenvalue weighted by Gasteiger charge is 2.29. The fourth-order valence-corrected chi connectivity index (χ4v) is 1.23. The van der Waals surface area contributed by atoms with E-state index in [0.717, 1.165) is 0 Å². The second-order valence-electron chi connectivity index (χ2n) is 2.80. The van der Waals surface area contributed by atoms with Crippen molar-refractivity contribution in [2.24, 2.45) is 0 Å². The Balaban J connectivity index is 2.03. The van der Waals surface area contributed by atoms with Crippen LogP contribution < -0.4 is 10.6 Å². The van der Waals surface area contributed by atoms with Gasteiger partial charge in [-0.2, -0.15) is 0 Å². The van der Waals surface area contributed by atoms with Gasteiger partial charge in [0.25, 0.3) is 5.91 Å². The van der Waals surface area contributed by atoms with Crippen LogP contribution in [-0.2, 0) is 11.2 Å². The zero-order valence-electron chi connectivity index (χ0n) is 6.74. The predicted octanol–water partition coefficient (Wildman–Crippen LogP) is 0.0301. The van der Waals surface area contributed by atoms with Crippen LogP contribution in [0.5, 0.6) is 0 Å². The lowest BCUT2D eigenvalue weighted by Crippen LogP contribution is -2.30. The van der Waals surface area contributed by atoms with Gasteiger partial charge in [-0.3, -0.25) is 10.1 Å². The number of carbonyl (C=O) groups is 2. The Labute approximate surface area is 74.1 Å². The average molecular weight is 180 g/mol. The van der Waals surface area contributed by atoms with Crippen LogP contribution in [0.4, 0.5) is 4.79 Å². The minimum absolute atomic E-state index is 0.304. The van der Waals surface area contributed by atoms with Crippen molar-refractivity contribution in [1.82, 2.24) is 10.6 Å². The minimum Gasteiger partial charge on any atom is -0.469 e. The molecule has 1 atom stereocenters. The van der Waals surface area contributed by atoms with Gasteiger partial charge in [-0.25, -0.2) is 4.79 Å². The van der Waals surface area contributed by atoms with Gasteiger partial charge >= 0.3 is 6.03 Å². The Morgan fingerprint density at radius 2 is 2.31 bits per heavy atom. The molecule has 5 nitrogen and oxygen atoms in total. The number of hydrogen-bond acceptors (Lipinski definition) is 3. The van der Waals surface area contributed by atoms with Gasteiger partial charge < -0.3 is 9.73 Å². The molecular weight excluding hydrogens is 172 g/mol.